The number of rotatable bonds is 6. The monoisotopic (exact) mass is 238 g/mol. The highest BCUT2D eigenvalue weighted by Gasteiger charge is 2.25. The first-order valence-electron chi connectivity index (χ1n) is 4.85. The number of carbonyl (C=O) groups excluding carboxylic acids is 1. The Morgan fingerprint density at radius 3 is 2.41 bits per heavy atom. The van der Waals surface area contributed by atoms with Gasteiger partial charge >= 0.3 is 0 Å². The molecular formula is C10H10N2O5. The number of nitrogens with zero attached hydrogens (tertiary/aromatic N) is 2. The molecule has 0 aliphatic heterocycles. The molecule has 0 saturated heterocycles. The number of nitro benzene ring substituents is 1. The Morgan fingerprint density at radius 1 is 1.24 bits per heavy atom. The van der Waals surface area contributed by atoms with E-state index < -0.39 is 22.3 Å². The second kappa shape index (κ2) is 5.69. The second-order valence-electron chi connectivity index (χ2n) is 3.43. The van der Waals surface area contributed by atoms with E-state index in [-0.39, 0.29) is 17.7 Å². The summed E-state index contributed by atoms with van der Waals surface area (Å²) in [6.07, 6.45) is 0.427. The number of benzene rings is 1. The van der Waals surface area contributed by atoms with E-state index in [1.54, 1.807) is 6.07 Å². The quantitative estimate of drug-likeness (QED) is 0.424. The molecule has 1 aromatic rings. The molecule has 0 spiro atoms. The first kappa shape index (κ1) is 12.8. The van der Waals surface area contributed by atoms with Gasteiger partial charge in [-0.2, -0.15) is 0 Å². The molecule has 17 heavy (non-hydrogen) atoms. The van der Waals surface area contributed by atoms with Gasteiger partial charge in [0, 0.05) is 23.0 Å². The van der Waals surface area contributed by atoms with Gasteiger partial charge in [0.15, 0.2) is 0 Å². The molecule has 0 heterocycles. The maximum atomic E-state index is 10.8. The number of carbonyl (C=O) groups is 1. The molecule has 1 aromatic carbocycles. The molecule has 0 saturated carbocycles. The molecule has 0 fully saturated rings. The number of hydrogen-bond donors (Lipinski definition) is 0. The predicted octanol–water partition coefficient (Wildman–Crippen LogP) is 1.54. The zero-order chi connectivity index (χ0) is 12.8. The van der Waals surface area contributed by atoms with Crippen molar-refractivity contribution in [2.75, 3.05) is 6.54 Å². The van der Waals surface area contributed by atoms with Crippen LogP contribution in [0.2, 0.25) is 0 Å². The Labute approximate surface area is 96.4 Å². The third-order valence-corrected chi connectivity index (χ3v) is 2.32. The largest absolute Gasteiger partial charge is 0.303 e. The van der Waals surface area contributed by atoms with Crippen LogP contribution >= 0.6 is 0 Å². The van der Waals surface area contributed by atoms with Gasteiger partial charge in [0.1, 0.15) is 6.29 Å². The van der Waals surface area contributed by atoms with Gasteiger partial charge in [-0.1, -0.05) is 18.2 Å². The van der Waals surface area contributed by atoms with Crippen molar-refractivity contribution in [1.82, 2.24) is 0 Å². The van der Waals surface area contributed by atoms with Gasteiger partial charge < -0.3 is 4.79 Å². The Kier molecular flexibility index (Phi) is 4.27. The topological polar surface area (TPSA) is 103 Å². The van der Waals surface area contributed by atoms with Crippen LogP contribution in [0, 0.1) is 20.2 Å². The van der Waals surface area contributed by atoms with E-state index in [2.05, 4.69) is 0 Å². The SMILES string of the molecule is O=CCC(C[N+](=O)[O-])c1ccccc1[N+](=O)[O-]. The van der Waals surface area contributed by atoms with Gasteiger partial charge in [0.05, 0.1) is 10.8 Å². The molecule has 0 N–H and O–H groups in total. The molecule has 0 radical (unpaired) electrons. The van der Waals surface area contributed by atoms with Crippen LogP contribution in [-0.4, -0.2) is 22.7 Å². The molecule has 0 aromatic heterocycles. The van der Waals surface area contributed by atoms with Gasteiger partial charge in [-0.3, -0.25) is 20.2 Å². The summed E-state index contributed by atoms with van der Waals surface area (Å²) in [5, 5.41) is 21.2. The zero-order valence-electron chi connectivity index (χ0n) is 8.81. The van der Waals surface area contributed by atoms with Crippen LogP contribution < -0.4 is 0 Å². The van der Waals surface area contributed by atoms with Crippen molar-refractivity contribution in [2.45, 2.75) is 12.3 Å². The van der Waals surface area contributed by atoms with E-state index in [0.29, 0.717) is 6.29 Å². The lowest BCUT2D eigenvalue weighted by molar-refractivity contribution is -0.483. The molecule has 90 valence electrons. The Bertz CT molecular complexity index is 446. The van der Waals surface area contributed by atoms with E-state index in [4.69, 9.17) is 0 Å². The average Bonchev–Trinajstić information content (AvgIpc) is 2.28. The summed E-state index contributed by atoms with van der Waals surface area (Å²) < 4.78 is 0. The van der Waals surface area contributed by atoms with E-state index in [1.165, 1.54) is 18.2 Å². The fraction of sp³-hybridized carbons (Fsp3) is 0.300. The van der Waals surface area contributed by atoms with Crippen molar-refractivity contribution in [1.29, 1.82) is 0 Å². The van der Waals surface area contributed by atoms with Gasteiger partial charge in [-0.15, -0.1) is 0 Å². The molecule has 0 aliphatic carbocycles. The average molecular weight is 238 g/mol. The van der Waals surface area contributed by atoms with Crippen molar-refractivity contribution in [3.8, 4) is 0 Å². The van der Waals surface area contributed by atoms with Crippen molar-refractivity contribution >= 4 is 12.0 Å². The fourth-order valence-electron chi connectivity index (χ4n) is 1.59. The van der Waals surface area contributed by atoms with Crippen LogP contribution in [0.3, 0.4) is 0 Å². The van der Waals surface area contributed by atoms with Gasteiger partial charge in [0.2, 0.25) is 6.54 Å². The van der Waals surface area contributed by atoms with Crippen molar-refractivity contribution in [3.63, 3.8) is 0 Å². The van der Waals surface area contributed by atoms with Crippen LogP contribution in [0.1, 0.15) is 17.9 Å². The lowest BCUT2D eigenvalue weighted by Crippen LogP contribution is -2.14. The Hall–Kier alpha value is -2.31. The lowest BCUT2D eigenvalue weighted by Gasteiger charge is -2.09. The zero-order valence-corrected chi connectivity index (χ0v) is 8.81. The molecular weight excluding hydrogens is 228 g/mol. The highest BCUT2D eigenvalue weighted by atomic mass is 16.6. The van der Waals surface area contributed by atoms with Gasteiger partial charge in [-0.25, -0.2) is 0 Å². The third-order valence-electron chi connectivity index (χ3n) is 2.32. The highest BCUT2D eigenvalue weighted by molar-refractivity contribution is 5.54. The fourth-order valence-corrected chi connectivity index (χ4v) is 1.59. The smallest absolute Gasteiger partial charge is 0.273 e. The summed E-state index contributed by atoms with van der Waals surface area (Å²) in [6.45, 7) is -0.496. The van der Waals surface area contributed by atoms with E-state index >= 15 is 0 Å². The minimum absolute atomic E-state index is 0.105. The molecule has 1 rings (SSSR count). The molecule has 0 aliphatic rings. The maximum Gasteiger partial charge on any atom is 0.273 e. The van der Waals surface area contributed by atoms with E-state index in [0.717, 1.165) is 0 Å². The van der Waals surface area contributed by atoms with Crippen LogP contribution in [0.25, 0.3) is 0 Å². The minimum atomic E-state index is -0.760. The summed E-state index contributed by atoms with van der Waals surface area (Å²) in [6, 6.07) is 5.74. The predicted molar refractivity (Wildman–Crippen MR) is 58.4 cm³/mol. The Balaban J connectivity index is 3.12. The van der Waals surface area contributed by atoms with Crippen molar-refractivity contribution in [3.05, 3.63) is 50.1 Å². The summed E-state index contributed by atoms with van der Waals surface area (Å²) in [7, 11) is 0. The summed E-state index contributed by atoms with van der Waals surface area (Å²) in [4.78, 5) is 30.5. The van der Waals surface area contributed by atoms with E-state index in [1.807, 2.05) is 0 Å². The molecule has 7 heteroatoms. The van der Waals surface area contributed by atoms with Crippen LogP contribution in [0.4, 0.5) is 5.69 Å². The van der Waals surface area contributed by atoms with Gasteiger partial charge in [0.25, 0.3) is 5.69 Å². The molecule has 0 bridgehead atoms. The first-order chi connectivity index (χ1) is 8.06. The van der Waals surface area contributed by atoms with Crippen LogP contribution in [0.15, 0.2) is 24.3 Å². The number of aldehydes is 1. The summed E-state index contributed by atoms with van der Waals surface area (Å²) in [5.41, 5.74) is 0.0301. The molecule has 7 nitrogen and oxygen atoms in total. The second-order valence-corrected chi connectivity index (χ2v) is 3.43. The normalized spacial score (nSPS) is 11.8. The number of para-hydroxylation sites is 1. The van der Waals surface area contributed by atoms with Crippen LogP contribution in [-0.2, 0) is 4.79 Å². The lowest BCUT2D eigenvalue weighted by atomic mass is 9.95. The number of nitro groups is 2. The first-order valence-corrected chi connectivity index (χ1v) is 4.85. The van der Waals surface area contributed by atoms with Crippen molar-refractivity contribution in [2.24, 2.45) is 0 Å². The van der Waals surface area contributed by atoms with E-state index in [9.17, 15) is 25.0 Å². The summed E-state index contributed by atoms with van der Waals surface area (Å²) in [5.74, 6) is -0.760. The molecule has 1 atom stereocenters. The number of hydrogen-bond acceptors (Lipinski definition) is 5. The summed E-state index contributed by atoms with van der Waals surface area (Å²) >= 11 is 0. The molecule has 0 amide bonds. The highest BCUT2D eigenvalue weighted by Crippen LogP contribution is 2.28. The Morgan fingerprint density at radius 2 is 1.88 bits per heavy atom. The third kappa shape index (κ3) is 3.33. The maximum absolute atomic E-state index is 10.8. The molecule has 1 unspecified atom stereocenters. The van der Waals surface area contributed by atoms with Gasteiger partial charge in [-0.05, 0) is 0 Å². The van der Waals surface area contributed by atoms with Crippen molar-refractivity contribution < 1.29 is 14.6 Å². The minimum Gasteiger partial charge on any atom is -0.303 e. The van der Waals surface area contributed by atoms with Crippen LogP contribution in [0.5, 0.6) is 0 Å². The standard InChI is InChI=1S/C10H10N2O5/c13-6-5-8(7-11(14)15)9-3-1-2-4-10(9)12(16)17/h1-4,6,8H,5,7H2.